The highest BCUT2D eigenvalue weighted by Crippen LogP contribution is 2.10. The first-order chi connectivity index (χ1) is 6.18. The Bertz CT molecular complexity index is 199. The van der Waals surface area contributed by atoms with Crippen LogP contribution in [0.15, 0.2) is 12.2 Å². The molecular weight excluding hydrogens is 164 g/mol. The van der Waals surface area contributed by atoms with Crippen LogP contribution in [0, 0.1) is 0 Å². The Balaban J connectivity index is 2.23. The van der Waals surface area contributed by atoms with E-state index in [0.29, 0.717) is 12.5 Å². The number of hydrogen-bond acceptors (Lipinski definition) is 2. The first-order valence-electron chi connectivity index (χ1n) is 4.88. The van der Waals surface area contributed by atoms with Crippen LogP contribution >= 0.6 is 0 Å². The summed E-state index contributed by atoms with van der Waals surface area (Å²) in [5.41, 5.74) is 5.52. The number of carbonyl (C=O) groups excluding carboxylic acids is 1. The summed E-state index contributed by atoms with van der Waals surface area (Å²) >= 11 is 0. The van der Waals surface area contributed by atoms with E-state index in [-0.39, 0.29) is 11.9 Å². The molecule has 1 rings (SSSR count). The smallest absolute Gasteiger partial charge is 0.221 e. The molecule has 0 aromatic carbocycles. The molecule has 0 heterocycles. The van der Waals surface area contributed by atoms with E-state index in [2.05, 4.69) is 17.5 Å². The lowest BCUT2D eigenvalue weighted by Crippen LogP contribution is -2.37. The Labute approximate surface area is 79.4 Å². The van der Waals surface area contributed by atoms with Crippen molar-refractivity contribution in [2.24, 2.45) is 5.73 Å². The molecule has 13 heavy (non-hydrogen) atoms. The van der Waals surface area contributed by atoms with Crippen LogP contribution in [0.2, 0.25) is 0 Å². The summed E-state index contributed by atoms with van der Waals surface area (Å²) in [4.78, 5) is 11.3. The summed E-state index contributed by atoms with van der Waals surface area (Å²) in [7, 11) is 0. The van der Waals surface area contributed by atoms with Crippen molar-refractivity contribution in [2.75, 3.05) is 0 Å². The summed E-state index contributed by atoms with van der Waals surface area (Å²) in [5.74, 6) is 0.0790. The van der Waals surface area contributed by atoms with Gasteiger partial charge in [0.05, 0.1) is 0 Å². The van der Waals surface area contributed by atoms with Crippen molar-refractivity contribution in [1.82, 2.24) is 5.32 Å². The molecule has 0 aromatic rings. The second kappa shape index (κ2) is 5.02. The third-order valence-electron chi connectivity index (χ3n) is 2.14. The van der Waals surface area contributed by atoms with Gasteiger partial charge in [-0.3, -0.25) is 4.79 Å². The van der Waals surface area contributed by atoms with Crippen LogP contribution in [0.4, 0.5) is 0 Å². The molecule has 74 valence electrons. The van der Waals surface area contributed by atoms with Gasteiger partial charge in [0, 0.05) is 18.5 Å². The average Bonchev–Trinajstić information content (AvgIpc) is 2.04. The fourth-order valence-corrected chi connectivity index (χ4v) is 1.50. The van der Waals surface area contributed by atoms with Gasteiger partial charge in [-0.05, 0) is 26.2 Å². The first kappa shape index (κ1) is 10.3. The SMILES string of the molecule is CC(N)CC(=O)NC1CC=CCC1. The molecule has 1 aliphatic rings. The van der Waals surface area contributed by atoms with Gasteiger partial charge in [-0.1, -0.05) is 12.2 Å². The molecule has 3 N–H and O–H groups in total. The molecule has 0 bridgehead atoms. The Kier molecular flexibility index (Phi) is 3.96. The van der Waals surface area contributed by atoms with Crippen molar-refractivity contribution in [3.8, 4) is 0 Å². The number of amides is 1. The molecule has 2 atom stereocenters. The van der Waals surface area contributed by atoms with Gasteiger partial charge in [-0.25, -0.2) is 0 Å². The molecule has 0 spiro atoms. The van der Waals surface area contributed by atoms with Crippen molar-refractivity contribution in [3.63, 3.8) is 0 Å². The third-order valence-corrected chi connectivity index (χ3v) is 2.14. The normalized spacial score (nSPS) is 24.0. The van der Waals surface area contributed by atoms with Crippen molar-refractivity contribution < 1.29 is 4.79 Å². The summed E-state index contributed by atoms with van der Waals surface area (Å²) < 4.78 is 0. The number of rotatable bonds is 3. The molecule has 0 fully saturated rings. The van der Waals surface area contributed by atoms with E-state index in [1.54, 1.807) is 0 Å². The lowest BCUT2D eigenvalue weighted by atomic mass is 10.0. The molecule has 0 saturated heterocycles. The molecule has 2 unspecified atom stereocenters. The van der Waals surface area contributed by atoms with Crippen LogP contribution in [-0.4, -0.2) is 18.0 Å². The molecule has 0 aromatic heterocycles. The fraction of sp³-hybridized carbons (Fsp3) is 0.700. The predicted octanol–water partition coefficient (Wildman–Crippen LogP) is 0.949. The highest BCUT2D eigenvalue weighted by Gasteiger charge is 2.13. The zero-order chi connectivity index (χ0) is 9.68. The van der Waals surface area contributed by atoms with E-state index in [1.807, 2.05) is 6.92 Å². The van der Waals surface area contributed by atoms with Gasteiger partial charge >= 0.3 is 0 Å². The zero-order valence-electron chi connectivity index (χ0n) is 8.12. The van der Waals surface area contributed by atoms with Crippen LogP contribution in [-0.2, 0) is 4.79 Å². The molecular formula is C10H18N2O. The highest BCUT2D eigenvalue weighted by molar-refractivity contribution is 5.76. The van der Waals surface area contributed by atoms with Crippen molar-refractivity contribution in [2.45, 2.75) is 44.7 Å². The van der Waals surface area contributed by atoms with Crippen molar-refractivity contribution >= 4 is 5.91 Å². The summed E-state index contributed by atoms with van der Waals surface area (Å²) in [6.45, 7) is 1.85. The Morgan fingerprint density at radius 2 is 2.46 bits per heavy atom. The summed E-state index contributed by atoms with van der Waals surface area (Å²) in [5, 5.41) is 2.98. The second-order valence-corrected chi connectivity index (χ2v) is 3.73. The second-order valence-electron chi connectivity index (χ2n) is 3.73. The Morgan fingerprint density at radius 3 is 3.00 bits per heavy atom. The minimum Gasteiger partial charge on any atom is -0.353 e. The number of nitrogens with two attached hydrogens (primary N) is 1. The molecule has 0 radical (unpaired) electrons. The van der Waals surface area contributed by atoms with Crippen LogP contribution < -0.4 is 11.1 Å². The third kappa shape index (κ3) is 4.08. The molecule has 1 aliphatic carbocycles. The van der Waals surface area contributed by atoms with Crippen LogP contribution in [0.1, 0.15) is 32.6 Å². The van der Waals surface area contributed by atoms with Crippen molar-refractivity contribution in [3.05, 3.63) is 12.2 Å². The Morgan fingerprint density at radius 1 is 1.69 bits per heavy atom. The average molecular weight is 182 g/mol. The largest absolute Gasteiger partial charge is 0.353 e. The predicted molar refractivity (Wildman–Crippen MR) is 53.2 cm³/mol. The van der Waals surface area contributed by atoms with Gasteiger partial charge in [0.25, 0.3) is 0 Å². The van der Waals surface area contributed by atoms with E-state index >= 15 is 0 Å². The standard InChI is InChI=1S/C10H18N2O/c1-8(11)7-10(13)12-9-5-3-2-4-6-9/h2-3,8-9H,4-7,11H2,1H3,(H,12,13). The number of carbonyl (C=O) groups is 1. The minimum absolute atomic E-state index is 0.0425. The summed E-state index contributed by atoms with van der Waals surface area (Å²) in [6, 6.07) is 0.287. The maximum atomic E-state index is 11.3. The fourth-order valence-electron chi connectivity index (χ4n) is 1.50. The van der Waals surface area contributed by atoms with Crippen LogP contribution in [0.5, 0.6) is 0 Å². The minimum atomic E-state index is -0.0425. The number of allylic oxidation sites excluding steroid dienone is 1. The molecule has 3 nitrogen and oxygen atoms in total. The molecule has 0 saturated carbocycles. The van der Waals surface area contributed by atoms with Crippen LogP contribution in [0.25, 0.3) is 0 Å². The molecule has 0 aliphatic heterocycles. The van der Waals surface area contributed by atoms with E-state index in [9.17, 15) is 4.79 Å². The maximum Gasteiger partial charge on any atom is 0.221 e. The van der Waals surface area contributed by atoms with E-state index in [0.717, 1.165) is 19.3 Å². The molecule has 3 heteroatoms. The zero-order valence-corrected chi connectivity index (χ0v) is 8.12. The van der Waals surface area contributed by atoms with E-state index in [1.165, 1.54) is 0 Å². The van der Waals surface area contributed by atoms with Gasteiger partial charge in [0.2, 0.25) is 5.91 Å². The Hall–Kier alpha value is -0.830. The van der Waals surface area contributed by atoms with Gasteiger partial charge in [0.1, 0.15) is 0 Å². The van der Waals surface area contributed by atoms with Gasteiger partial charge in [-0.15, -0.1) is 0 Å². The quantitative estimate of drug-likeness (QED) is 0.638. The maximum absolute atomic E-state index is 11.3. The topological polar surface area (TPSA) is 55.1 Å². The number of nitrogens with one attached hydrogen (secondary N) is 1. The lowest BCUT2D eigenvalue weighted by Gasteiger charge is -2.19. The first-order valence-corrected chi connectivity index (χ1v) is 4.88. The van der Waals surface area contributed by atoms with E-state index in [4.69, 9.17) is 5.73 Å². The molecule has 1 amide bonds. The lowest BCUT2D eigenvalue weighted by molar-refractivity contribution is -0.122. The van der Waals surface area contributed by atoms with Gasteiger partial charge in [0.15, 0.2) is 0 Å². The van der Waals surface area contributed by atoms with Gasteiger partial charge in [-0.2, -0.15) is 0 Å². The van der Waals surface area contributed by atoms with E-state index < -0.39 is 0 Å². The van der Waals surface area contributed by atoms with Crippen molar-refractivity contribution in [1.29, 1.82) is 0 Å². The van der Waals surface area contributed by atoms with Crippen LogP contribution in [0.3, 0.4) is 0 Å². The monoisotopic (exact) mass is 182 g/mol. The van der Waals surface area contributed by atoms with Gasteiger partial charge < -0.3 is 11.1 Å². The summed E-state index contributed by atoms with van der Waals surface area (Å²) in [6.07, 6.45) is 7.81. The highest BCUT2D eigenvalue weighted by atomic mass is 16.1. The number of hydrogen-bond donors (Lipinski definition) is 2.